The summed E-state index contributed by atoms with van der Waals surface area (Å²) in [6, 6.07) is 4.86. The van der Waals surface area contributed by atoms with Crippen LogP contribution >= 0.6 is 31.9 Å². The van der Waals surface area contributed by atoms with Crippen molar-refractivity contribution in [2.45, 2.75) is 20.3 Å². The van der Waals surface area contributed by atoms with Crippen molar-refractivity contribution < 1.29 is 4.39 Å². The zero-order valence-corrected chi connectivity index (χ0v) is 11.5. The van der Waals surface area contributed by atoms with Gasteiger partial charge < -0.3 is 0 Å². The molecule has 0 amide bonds. The molecule has 0 saturated heterocycles. The highest BCUT2D eigenvalue weighted by molar-refractivity contribution is 9.10. The molecule has 0 saturated carbocycles. The highest BCUT2D eigenvalue weighted by Gasteiger charge is 2.18. The van der Waals surface area contributed by atoms with Crippen LogP contribution in [0.3, 0.4) is 0 Å². The van der Waals surface area contributed by atoms with Crippen molar-refractivity contribution >= 4 is 31.9 Å². The maximum absolute atomic E-state index is 12.8. The Labute approximate surface area is 101 Å². The number of rotatable bonds is 3. The van der Waals surface area contributed by atoms with E-state index in [1.54, 1.807) is 0 Å². The molecule has 0 aromatic heterocycles. The molecule has 0 unspecified atom stereocenters. The Hall–Kier alpha value is 0.110. The van der Waals surface area contributed by atoms with Crippen molar-refractivity contribution in [3.05, 3.63) is 34.1 Å². The van der Waals surface area contributed by atoms with Crippen LogP contribution in [-0.2, 0) is 6.42 Å². The predicted molar refractivity (Wildman–Crippen MR) is 65.4 cm³/mol. The van der Waals surface area contributed by atoms with Gasteiger partial charge in [-0.2, -0.15) is 0 Å². The average molecular weight is 324 g/mol. The van der Waals surface area contributed by atoms with Gasteiger partial charge in [0.15, 0.2) is 0 Å². The number of halogens is 3. The first-order valence-corrected chi connectivity index (χ1v) is 6.36. The van der Waals surface area contributed by atoms with E-state index in [4.69, 9.17) is 0 Å². The zero-order valence-electron chi connectivity index (χ0n) is 8.28. The average Bonchev–Trinajstić information content (AvgIpc) is 2.10. The van der Waals surface area contributed by atoms with E-state index in [1.807, 2.05) is 6.07 Å². The Morgan fingerprint density at radius 3 is 2.50 bits per heavy atom. The van der Waals surface area contributed by atoms with Crippen LogP contribution in [0.4, 0.5) is 4.39 Å². The molecule has 1 aromatic rings. The van der Waals surface area contributed by atoms with E-state index in [0.29, 0.717) is 0 Å². The van der Waals surface area contributed by atoms with Gasteiger partial charge in [0.25, 0.3) is 0 Å². The van der Waals surface area contributed by atoms with E-state index in [0.717, 1.165) is 21.8 Å². The van der Waals surface area contributed by atoms with Crippen molar-refractivity contribution in [2.24, 2.45) is 5.41 Å². The van der Waals surface area contributed by atoms with Crippen LogP contribution in [0.2, 0.25) is 0 Å². The van der Waals surface area contributed by atoms with Gasteiger partial charge in [-0.3, -0.25) is 0 Å². The van der Waals surface area contributed by atoms with Crippen molar-refractivity contribution in [3.63, 3.8) is 0 Å². The van der Waals surface area contributed by atoms with E-state index < -0.39 is 0 Å². The van der Waals surface area contributed by atoms with E-state index >= 15 is 0 Å². The normalized spacial score (nSPS) is 11.8. The molecule has 0 aliphatic rings. The Morgan fingerprint density at radius 1 is 1.36 bits per heavy atom. The summed E-state index contributed by atoms with van der Waals surface area (Å²) < 4.78 is 13.7. The largest absolute Gasteiger partial charge is 0.207 e. The van der Waals surface area contributed by atoms with Gasteiger partial charge in [0.1, 0.15) is 5.82 Å². The van der Waals surface area contributed by atoms with Crippen LogP contribution in [0, 0.1) is 11.2 Å². The number of alkyl halides is 1. The third kappa shape index (κ3) is 3.35. The molecule has 0 aliphatic heterocycles. The van der Waals surface area contributed by atoms with Crippen LogP contribution < -0.4 is 0 Å². The second-order valence-corrected chi connectivity index (χ2v) is 5.63. The molecule has 0 N–H and O–H groups in total. The Morgan fingerprint density at radius 2 is 2.00 bits per heavy atom. The summed E-state index contributed by atoms with van der Waals surface area (Å²) in [5, 5.41) is 0.934. The molecule has 78 valence electrons. The quantitative estimate of drug-likeness (QED) is 0.716. The zero-order chi connectivity index (χ0) is 10.8. The van der Waals surface area contributed by atoms with Crippen LogP contribution in [0.1, 0.15) is 19.4 Å². The Kier molecular flexibility index (Phi) is 4.14. The number of benzene rings is 1. The SMILES string of the molecule is CC(C)(CBr)Cc1ccc(F)cc1Br. The molecule has 1 aromatic carbocycles. The molecule has 0 atom stereocenters. The molecule has 0 aliphatic carbocycles. The van der Waals surface area contributed by atoms with Crippen LogP contribution in [0.15, 0.2) is 22.7 Å². The van der Waals surface area contributed by atoms with E-state index in [1.165, 1.54) is 12.1 Å². The first kappa shape index (κ1) is 12.2. The van der Waals surface area contributed by atoms with Gasteiger partial charge in [0.2, 0.25) is 0 Å². The first-order chi connectivity index (χ1) is 6.44. The summed E-state index contributed by atoms with van der Waals surface area (Å²) in [5.41, 5.74) is 1.34. The standard InChI is InChI=1S/C11H13Br2F/c1-11(2,7-12)6-8-3-4-9(14)5-10(8)13/h3-5H,6-7H2,1-2H3. The van der Waals surface area contributed by atoms with Gasteiger partial charge in [-0.1, -0.05) is 51.8 Å². The summed E-state index contributed by atoms with van der Waals surface area (Å²) in [7, 11) is 0. The summed E-state index contributed by atoms with van der Waals surface area (Å²) in [6.45, 7) is 4.36. The van der Waals surface area contributed by atoms with Crippen molar-refractivity contribution in [1.29, 1.82) is 0 Å². The lowest BCUT2D eigenvalue weighted by Gasteiger charge is -2.22. The second-order valence-electron chi connectivity index (χ2n) is 4.21. The lowest BCUT2D eigenvalue weighted by atomic mass is 9.88. The fourth-order valence-corrected chi connectivity index (χ4v) is 1.92. The van der Waals surface area contributed by atoms with Gasteiger partial charge >= 0.3 is 0 Å². The second kappa shape index (κ2) is 4.75. The van der Waals surface area contributed by atoms with Gasteiger partial charge in [-0.15, -0.1) is 0 Å². The maximum Gasteiger partial charge on any atom is 0.124 e. The summed E-state index contributed by atoms with van der Waals surface area (Å²) in [4.78, 5) is 0. The van der Waals surface area contributed by atoms with Gasteiger partial charge in [-0.05, 0) is 29.5 Å². The number of hydrogen-bond acceptors (Lipinski definition) is 0. The van der Waals surface area contributed by atoms with Crippen molar-refractivity contribution in [3.8, 4) is 0 Å². The molecular formula is C11H13Br2F. The minimum Gasteiger partial charge on any atom is -0.207 e. The summed E-state index contributed by atoms with van der Waals surface area (Å²) in [5.74, 6) is -0.197. The molecule has 0 fully saturated rings. The predicted octanol–water partition coefficient (Wildman–Crippen LogP) is 4.55. The molecular weight excluding hydrogens is 311 g/mol. The fourth-order valence-electron chi connectivity index (χ4n) is 1.23. The summed E-state index contributed by atoms with van der Waals surface area (Å²) >= 11 is 6.85. The third-order valence-corrected chi connectivity index (χ3v) is 4.30. The third-order valence-electron chi connectivity index (χ3n) is 2.05. The van der Waals surface area contributed by atoms with E-state index in [9.17, 15) is 4.39 Å². The highest BCUT2D eigenvalue weighted by atomic mass is 79.9. The van der Waals surface area contributed by atoms with E-state index in [2.05, 4.69) is 45.7 Å². The lowest BCUT2D eigenvalue weighted by Crippen LogP contribution is -2.16. The molecule has 0 nitrogen and oxygen atoms in total. The number of hydrogen-bond donors (Lipinski definition) is 0. The van der Waals surface area contributed by atoms with Crippen LogP contribution in [0.5, 0.6) is 0 Å². The van der Waals surface area contributed by atoms with Gasteiger partial charge in [0.05, 0.1) is 0 Å². The molecule has 0 radical (unpaired) electrons. The van der Waals surface area contributed by atoms with Gasteiger partial charge in [-0.25, -0.2) is 4.39 Å². The minimum absolute atomic E-state index is 0.195. The maximum atomic E-state index is 12.8. The molecule has 0 bridgehead atoms. The van der Waals surface area contributed by atoms with Crippen LogP contribution in [-0.4, -0.2) is 5.33 Å². The Balaban J connectivity index is 2.87. The van der Waals surface area contributed by atoms with Crippen molar-refractivity contribution in [2.75, 3.05) is 5.33 Å². The smallest absolute Gasteiger partial charge is 0.124 e. The molecule has 0 heterocycles. The summed E-state index contributed by atoms with van der Waals surface area (Å²) in [6.07, 6.45) is 0.930. The fraction of sp³-hybridized carbons (Fsp3) is 0.455. The Bertz CT molecular complexity index is 321. The molecule has 3 heteroatoms. The molecule has 14 heavy (non-hydrogen) atoms. The first-order valence-electron chi connectivity index (χ1n) is 4.44. The minimum atomic E-state index is -0.197. The molecule has 0 spiro atoms. The lowest BCUT2D eigenvalue weighted by molar-refractivity contribution is 0.423. The van der Waals surface area contributed by atoms with Crippen molar-refractivity contribution in [1.82, 2.24) is 0 Å². The van der Waals surface area contributed by atoms with Crippen LogP contribution in [0.25, 0.3) is 0 Å². The monoisotopic (exact) mass is 322 g/mol. The molecule has 1 rings (SSSR count). The topological polar surface area (TPSA) is 0 Å². The van der Waals surface area contributed by atoms with E-state index in [-0.39, 0.29) is 11.2 Å². The van der Waals surface area contributed by atoms with Gasteiger partial charge in [0, 0.05) is 9.80 Å². The highest BCUT2D eigenvalue weighted by Crippen LogP contribution is 2.28.